The van der Waals surface area contributed by atoms with E-state index in [4.69, 9.17) is 5.41 Å². The Labute approximate surface area is 81.5 Å². The van der Waals surface area contributed by atoms with Crippen LogP contribution in [0.15, 0.2) is 24.9 Å². The molecule has 0 aromatic carbocycles. The van der Waals surface area contributed by atoms with Gasteiger partial charge in [0.05, 0.1) is 6.34 Å². The van der Waals surface area contributed by atoms with Gasteiger partial charge in [-0.25, -0.2) is 0 Å². The first-order valence-electron chi connectivity index (χ1n) is 4.81. The highest BCUT2D eigenvalue weighted by atomic mass is 15.1. The van der Waals surface area contributed by atoms with Crippen LogP contribution in [-0.4, -0.2) is 18.3 Å². The summed E-state index contributed by atoms with van der Waals surface area (Å²) in [6, 6.07) is 0. The number of hydrogen-bond acceptors (Lipinski definition) is 1. The van der Waals surface area contributed by atoms with Gasteiger partial charge in [0.15, 0.2) is 0 Å². The van der Waals surface area contributed by atoms with Crippen molar-refractivity contribution < 1.29 is 0 Å². The van der Waals surface area contributed by atoms with Gasteiger partial charge < -0.3 is 4.90 Å². The van der Waals surface area contributed by atoms with Crippen molar-refractivity contribution in [3.63, 3.8) is 0 Å². The molecule has 0 heterocycles. The van der Waals surface area contributed by atoms with Crippen LogP contribution in [0.2, 0.25) is 0 Å². The highest BCUT2D eigenvalue weighted by Crippen LogP contribution is 2.03. The quantitative estimate of drug-likeness (QED) is 0.264. The van der Waals surface area contributed by atoms with Gasteiger partial charge in [-0.2, -0.15) is 0 Å². The van der Waals surface area contributed by atoms with E-state index in [9.17, 15) is 0 Å². The first-order chi connectivity index (χ1) is 6.31. The Bertz CT molecular complexity index is 161. The molecule has 0 radical (unpaired) electrons. The minimum atomic E-state index is 1.11. The Morgan fingerprint density at radius 3 is 2.54 bits per heavy atom. The SMILES string of the molecule is C=CCCCCC/C=C/N(C)C=N. The fourth-order valence-electron chi connectivity index (χ4n) is 1.01. The molecule has 0 saturated heterocycles. The molecule has 0 saturated carbocycles. The smallest absolute Gasteiger partial charge is 0.0854 e. The van der Waals surface area contributed by atoms with E-state index in [1.54, 1.807) is 4.90 Å². The molecule has 0 aromatic rings. The lowest BCUT2D eigenvalue weighted by atomic mass is 10.1. The Balaban J connectivity index is 3.19. The molecule has 1 N–H and O–H groups in total. The van der Waals surface area contributed by atoms with Gasteiger partial charge in [0.2, 0.25) is 0 Å². The van der Waals surface area contributed by atoms with E-state index in [2.05, 4.69) is 12.7 Å². The van der Waals surface area contributed by atoms with Crippen molar-refractivity contribution in [1.29, 1.82) is 5.41 Å². The third-order valence-electron chi connectivity index (χ3n) is 1.82. The third-order valence-corrected chi connectivity index (χ3v) is 1.82. The lowest BCUT2D eigenvalue weighted by molar-refractivity contribution is 0.674. The minimum absolute atomic E-state index is 1.11. The van der Waals surface area contributed by atoms with Crippen LogP contribution in [0, 0.1) is 5.41 Å². The standard InChI is InChI=1S/C11H20N2/c1-3-4-5-6-7-8-9-10-13(2)11-12/h3,9-12H,1,4-8H2,2H3/b10-9+,12-11?. The second kappa shape index (κ2) is 9.04. The van der Waals surface area contributed by atoms with Gasteiger partial charge in [0, 0.05) is 13.2 Å². The van der Waals surface area contributed by atoms with Crippen LogP contribution in [-0.2, 0) is 0 Å². The summed E-state index contributed by atoms with van der Waals surface area (Å²) in [6.45, 7) is 3.68. The van der Waals surface area contributed by atoms with Crippen LogP contribution >= 0.6 is 0 Å². The molecule has 0 spiro atoms. The molecule has 0 atom stereocenters. The van der Waals surface area contributed by atoms with Gasteiger partial charge in [-0.1, -0.05) is 18.6 Å². The second-order valence-electron chi connectivity index (χ2n) is 3.11. The van der Waals surface area contributed by atoms with E-state index in [1.165, 1.54) is 25.6 Å². The topological polar surface area (TPSA) is 27.1 Å². The predicted molar refractivity (Wildman–Crippen MR) is 59.0 cm³/mol. The molecule has 2 nitrogen and oxygen atoms in total. The van der Waals surface area contributed by atoms with Gasteiger partial charge in [-0.3, -0.25) is 5.41 Å². The maximum atomic E-state index is 6.92. The maximum absolute atomic E-state index is 6.92. The van der Waals surface area contributed by atoms with Crippen LogP contribution in [0.4, 0.5) is 0 Å². The highest BCUT2D eigenvalue weighted by Gasteiger charge is 1.85. The molecule has 0 amide bonds. The van der Waals surface area contributed by atoms with Crippen molar-refractivity contribution in [3.8, 4) is 0 Å². The lowest BCUT2D eigenvalue weighted by Crippen LogP contribution is -2.04. The lowest BCUT2D eigenvalue weighted by Gasteiger charge is -2.03. The molecular weight excluding hydrogens is 160 g/mol. The number of hydrogen-bond donors (Lipinski definition) is 1. The average molecular weight is 180 g/mol. The molecule has 0 aromatic heterocycles. The van der Waals surface area contributed by atoms with E-state index >= 15 is 0 Å². The summed E-state index contributed by atoms with van der Waals surface area (Å²) in [7, 11) is 1.86. The molecule has 0 bridgehead atoms. The van der Waals surface area contributed by atoms with Crippen molar-refractivity contribution in [2.75, 3.05) is 7.05 Å². The van der Waals surface area contributed by atoms with Crippen LogP contribution in [0.1, 0.15) is 32.1 Å². The number of nitrogens with zero attached hydrogens (tertiary/aromatic N) is 1. The van der Waals surface area contributed by atoms with Gasteiger partial charge in [0.1, 0.15) is 0 Å². The summed E-state index contributed by atoms with van der Waals surface area (Å²) >= 11 is 0. The fourth-order valence-corrected chi connectivity index (χ4v) is 1.01. The summed E-state index contributed by atoms with van der Waals surface area (Å²) in [6.07, 6.45) is 13.3. The molecule has 0 aliphatic rings. The third kappa shape index (κ3) is 8.86. The molecule has 0 rings (SSSR count). The van der Waals surface area contributed by atoms with E-state index in [0.717, 1.165) is 12.8 Å². The van der Waals surface area contributed by atoms with E-state index in [0.29, 0.717) is 0 Å². The number of rotatable bonds is 8. The van der Waals surface area contributed by atoms with E-state index in [1.807, 2.05) is 19.3 Å². The number of unbranched alkanes of at least 4 members (excludes halogenated alkanes) is 4. The van der Waals surface area contributed by atoms with Crippen LogP contribution in [0.25, 0.3) is 0 Å². The molecule has 74 valence electrons. The summed E-state index contributed by atoms with van der Waals surface area (Å²) in [5.41, 5.74) is 0. The van der Waals surface area contributed by atoms with Crippen molar-refractivity contribution in [2.45, 2.75) is 32.1 Å². The second-order valence-corrected chi connectivity index (χ2v) is 3.11. The largest absolute Gasteiger partial charge is 0.343 e. The molecule has 0 aliphatic carbocycles. The number of nitrogens with one attached hydrogen (secondary N) is 1. The first kappa shape index (κ1) is 11.9. The molecule has 0 fully saturated rings. The van der Waals surface area contributed by atoms with Crippen LogP contribution in [0.5, 0.6) is 0 Å². The summed E-state index contributed by atoms with van der Waals surface area (Å²) < 4.78 is 0. The van der Waals surface area contributed by atoms with Gasteiger partial charge >= 0.3 is 0 Å². The summed E-state index contributed by atoms with van der Waals surface area (Å²) in [4.78, 5) is 1.74. The zero-order valence-corrected chi connectivity index (χ0v) is 8.50. The highest BCUT2D eigenvalue weighted by molar-refractivity contribution is 5.51. The van der Waals surface area contributed by atoms with Crippen molar-refractivity contribution in [2.24, 2.45) is 0 Å². The predicted octanol–water partition coefficient (Wildman–Crippen LogP) is 3.18. The Kier molecular flexibility index (Phi) is 8.31. The first-order valence-corrected chi connectivity index (χ1v) is 4.81. The van der Waals surface area contributed by atoms with Crippen LogP contribution in [0.3, 0.4) is 0 Å². The average Bonchev–Trinajstić information content (AvgIpc) is 2.16. The maximum Gasteiger partial charge on any atom is 0.0854 e. The van der Waals surface area contributed by atoms with Crippen molar-refractivity contribution >= 4 is 6.34 Å². The fraction of sp³-hybridized carbons (Fsp3) is 0.545. The van der Waals surface area contributed by atoms with Crippen LogP contribution < -0.4 is 0 Å². The summed E-state index contributed by atoms with van der Waals surface area (Å²) in [5, 5.41) is 6.92. The van der Waals surface area contributed by atoms with Crippen molar-refractivity contribution in [1.82, 2.24) is 4.90 Å². The van der Waals surface area contributed by atoms with Crippen molar-refractivity contribution in [3.05, 3.63) is 24.9 Å². The Morgan fingerprint density at radius 1 is 1.23 bits per heavy atom. The Morgan fingerprint density at radius 2 is 1.92 bits per heavy atom. The summed E-state index contributed by atoms with van der Waals surface area (Å²) in [5.74, 6) is 0. The Hall–Kier alpha value is -1.05. The molecule has 0 aliphatic heterocycles. The number of allylic oxidation sites excluding steroid dienone is 2. The molecule has 2 heteroatoms. The zero-order valence-electron chi connectivity index (χ0n) is 8.50. The monoisotopic (exact) mass is 180 g/mol. The van der Waals surface area contributed by atoms with E-state index < -0.39 is 0 Å². The minimum Gasteiger partial charge on any atom is -0.343 e. The van der Waals surface area contributed by atoms with E-state index in [-0.39, 0.29) is 0 Å². The molecule has 13 heavy (non-hydrogen) atoms. The zero-order chi connectivity index (χ0) is 9.94. The van der Waals surface area contributed by atoms with Gasteiger partial charge in [-0.05, 0) is 25.7 Å². The molecule has 0 unspecified atom stereocenters. The molecular formula is C11H20N2. The normalized spacial score (nSPS) is 10.2. The van der Waals surface area contributed by atoms with Gasteiger partial charge in [-0.15, -0.1) is 6.58 Å². The van der Waals surface area contributed by atoms with Gasteiger partial charge in [0.25, 0.3) is 0 Å².